The van der Waals surface area contributed by atoms with Crippen molar-refractivity contribution in [1.82, 2.24) is 5.32 Å². The van der Waals surface area contributed by atoms with E-state index in [-0.39, 0.29) is 24.2 Å². The molecular weight excluding hydrogens is 276 g/mol. The number of nitrogens with two attached hydrogens (primary N) is 1. The van der Waals surface area contributed by atoms with Gasteiger partial charge < -0.3 is 11.1 Å². The maximum absolute atomic E-state index is 11.5. The zero-order valence-corrected chi connectivity index (χ0v) is 15.0. The molecule has 2 saturated carbocycles. The zero-order chi connectivity index (χ0) is 17.0. The van der Waals surface area contributed by atoms with E-state index in [9.17, 15) is 9.59 Å². The third-order valence-corrected chi connectivity index (χ3v) is 4.43. The van der Waals surface area contributed by atoms with Crippen molar-refractivity contribution in [1.29, 1.82) is 0 Å². The van der Waals surface area contributed by atoms with Crippen molar-refractivity contribution in [3.63, 3.8) is 0 Å². The van der Waals surface area contributed by atoms with E-state index < -0.39 is 0 Å². The van der Waals surface area contributed by atoms with Crippen LogP contribution in [-0.2, 0) is 9.59 Å². The number of hydrogen-bond donors (Lipinski definition) is 2. The van der Waals surface area contributed by atoms with E-state index in [4.69, 9.17) is 5.73 Å². The molecule has 2 amide bonds. The van der Waals surface area contributed by atoms with Crippen molar-refractivity contribution < 1.29 is 9.59 Å². The highest BCUT2D eigenvalue weighted by atomic mass is 16.2. The fourth-order valence-corrected chi connectivity index (χ4v) is 2.90. The molecule has 0 heterocycles. The van der Waals surface area contributed by atoms with Crippen LogP contribution in [0.1, 0.15) is 78.6 Å². The van der Waals surface area contributed by atoms with E-state index >= 15 is 0 Å². The van der Waals surface area contributed by atoms with Gasteiger partial charge in [0.15, 0.2) is 0 Å². The Labute approximate surface area is 136 Å². The summed E-state index contributed by atoms with van der Waals surface area (Å²) in [4.78, 5) is 22.4. The number of hydrogen-bond acceptors (Lipinski definition) is 2. The molecule has 0 radical (unpaired) electrons. The highest BCUT2D eigenvalue weighted by molar-refractivity contribution is 5.84. The molecule has 2 rings (SSSR count). The van der Waals surface area contributed by atoms with Crippen molar-refractivity contribution in [2.45, 2.75) is 78.6 Å². The molecule has 0 bridgehead atoms. The van der Waals surface area contributed by atoms with E-state index in [1.54, 1.807) is 7.05 Å². The minimum Gasteiger partial charge on any atom is -0.370 e. The van der Waals surface area contributed by atoms with Crippen LogP contribution in [0.5, 0.6) is 0 Å². The summed E-state index contributed by atoms with van der Waals surface area (Å²) in [5.74, 6) is 1.07. The van der Waals surface area contributed by atoms with Gasteiger partial charge in [-0.2, -0.15) is 0 Å². The summed E-state index contributed by atoms with van der Waals surface area (Å²) < 4.78 is 0. The lowest BCUT2D eigenvalue weighted by molar-refractivity contribution is -0.129. The second-order valence-corrected chi connectivity index (χ2v) is 6.22. The second kappa shape index (κ2) is 12.5. The van der Waals surface area contributed by atoms with Crippen molar-refractivity contribution in [2.75, 3.05) is 7.05 Å². The molecule has 2 fully saturated rings. The molecule has 2 aliphatic carbocycles. The fraction of sp³-hybridized carbons (Fsp3) is 0.889. The van der Waals surface area contributed by atoms with Gasteiger partial charge in [0.1, 0.15) is 0 Å². The molecule has 4 nitrogen and oxygen atoms in total. The van der Waals surface area contributed by atoms with Gasteiger partial charge >= 0.3 is 0 Å². The van der Waals surface area contributed by atoms with Crippen molar-refractivity contribution in [2.24, 2.45) is 23.5 Å². The summed E-state index contributed by atoms with van der Waals surface area (Å²) in [5.41, 5.74) is 5.14. The van der Waals surface area contributed by atoms with Gasteiger partial charge in [-0.15, -0.1) is 0 Å². The lowest BCUT2D eigenvalue weighted by atomic mass is 9.90. The van der Waals surface area contributed by atoms with Gasteiger partial charge in [-0.3, -0.25) is 9.59 Å². The maximum Gasteiger partial charge on any atom is 0.223 e. The average molecular weight is 312 g/mol. The van der Waals surface area contributed by atoms with Gasteiger partial charge in [0.2, 0.25) is 11.8 Å². The summed E-state index contributed by atoms with van der Waals surface area (Å²) in [6.45, 7) is 6.26. The minimum atomic E-state index is -0.387. The largest absolute Gasteiger partial charge is 0.370 e. The van der Waals surface area contributed by atoms with Gasteiger partial charge in [0, 0.05) is 19.4 Å². The molecule has 0 aromatic carbocycles. The van der Waals surface area contributed by atoms with E-state index in [2.05, 4.69) is 12.2 Å². The smallest absolute Gasteiger partial charge is 0.223 e. The van der Waals surface area contributed by atoms with Gasteiger partial charge in [0.05, 0.1) is 0 Å². The quantitative estimate of drug-likeness (QED) is 0.786. The molecular formula is C18H36N2O2. The Morgan fingerprint density at radius 1 is 1.09 bits per heavy atom. The normalized spacial score (nSPS) is 18.4. The topological polar surface area (TPSA) is 72.2 Å². The number of carbonyl (C=O) groups is 2. The van der Waals surface area contributed by atoms with Crippen LogP contribution in [-0.4, -0.2) is 18.9 Å². The van der Waals surface area contributed by atoms with Crippen LogP contribution in [0.2, 0.25) is 0 Å². The number of carbonyl (C=O) groups excluding carboxylic acids is 2. The molecule has 0 saturated heterocycles. The number of primary amides is 1. The Morgan fingerprint density at radius 2 is 1.64 bits per heavy atom. The highest BCUT2D eigenvalue weighted by Gasteiger charge is 2.25. The first kappa shape index (κ1) is 20.9. The van der Waals surface area contributed by atoms with E-state index in [1.165, 1.54) is 44.9 Å². The summed E-state index contributed by atoms with van der Waals surface area (Å²) in [7, 11) is 1.60. The van der Waals surface area contributed by atoms with E-state index in [0.717, 1.165) is 12.3 Å². The Kier molecular flexibility index (Phi) is 11.9. The standard InChI is InChI=1S/C11H20N2O2.C5H10.C2H6/c1-13-11(15)9(7-10(12)14)6-8-4-2-3-5-8;1-2-5-3-4-5;1-2/h8-9H,2-7H2,1H3,(H2,12,14)(H,13,15);5H,2-4H2,1H3;1-2H3. The summed E-state index contributed by atoms with van der Waals surface area (Å²) >= 11 is 0. The lowest BCUT2D eigenvalue weighted by Crippen LogP contribution is -2.32. The third-order valence-electron chi connectivity index (χ3n) is 4.43. The SMILES string of the molecule is CC.CCC1CC1.CNC(=O)C(CC(N)=O)CC1CCCC1. The molecule has 3 N–H and O–H groups in total. The summed E-state index contributed by atoms with van der Waals surface area (Å²) in [5, 5.41) is 2.60. The summed E-state index contributed by atoms with van der Waals surface area (Å²) in [6, 6.07) is 0. The van der Waals surface area contributed by atoms with Crippen LogP contribution in [0.25, 0.3) is 0 Å². The molecule has 0 aromatic heterocycles. The van der Waals surface area contributed by atoms with Gasteiger partial charge in [0.25, 0.3) is 0 Å². The molecule has 1 unspecified atom stereocenters. The third kappa shape index (κ3) is 9.80. The molecule has 1 atom stereocenters. The number of nitrogens with one attached hydrogen (secondary N) is 1. The van der Waals surface area contributed by atoms with E-state index in [1.807, 2.05) is 13.8 Å². The maximum atomic E-state index is 11.5. The predicted octanol–water partition coefficient (Wildman–Crippen LogP) is 3.64. The highest BCUT2D eigenvalue weighted by Crippen LogP contribution is 2.31. The van der Waals surface area contributed by atoms with Crippen LogP contribution < -0.4 is 11.1 Å². The van der Waals surface area contributed by atoms with Gasteiger partial charge in [-0.1, -0.05) is 65.7 Å². The molecule has 22 heavy (non-hydrogen) atoms. The molecule has 4 heteroatoms. The molecule has 0 aromatic rings. The Hall–Kier alpha value is -1.06. The van der Waals surface area contributed by atoms with E-state index in [0.29, 0.717) is 5.92 Å². The average Bonchev–Trinajstić information content (AvgIpc) is 3.24. The number of rotatable bonds is 6. The van der Waals surface area contributed by atoms with Crippen LogP contribution in [0, 0.1) is 17.8 Å². The van der Waals surface area contributed by atoms with Crippen molar-refractivity contribution in [3.05, 3.63) is 0 Å². The van der Waals surface area contributed by atoms with Gasteiger partial charge in [-0.05, 0) is 18.3 Å². The van der Waals surface area contributed by atoms with Gasteiger partial charge in [-0.25, -0.2) is 0 Å². The molecule has 0 spiro atoms. The lowest BCUT2D eigenvalue weighted by Gasteiger charge is -2.17. The Balaban J connectivity index is 0.000000522. The Bertz CT molecular complexity index is 308. The van der Waals surface area contributed by atoms with Crippen LogP contribution >= 0.6 is 0 Å². The van der Waals surface area contributed by atoms with Crippen LogP contribution in [0.4, 0.5) is 0 Å². The first-order valence-electron chi connectivity index (χ1n) is 9.06. The zero-order valence-electron chi connectivity index (χ0n) is 15.0. The van der Waals surface area contributed by atoms with Crippen molar-refractivity contribution >= 4 is 11.8 Å². The van der Waals surface area contributed by atoms with Crippen LogP contribution in [0.15, 0.2) is 0 Å². The first-order valence-corrected chi connectivity index (χ1v) is 9.06. The van der Waals surface area contributed by atoms with Crippen LogP contribution in [0.3, 0.4) is 0 Å². The molecule has 130 valence electrons. The molecule has 0 aliphatic heterocycles. The second-order valence-electron chi connectivity index (χ2n) is 6.22. The Morgan fingerprint density at radius 3 is 1.95 bits per heavy atom. The monoisotopic (exact) mass is 312 g/mol. The first-order chi connectivity index (χ1) is 10.6. The van der Waals surface area contributed by atoms with Crippen molar-refractivity contribution in [3.8, 4) is 0 Å². The summed E-state index contributed by atoms with van der Waals surface area (Å²) in [6.07, 6.45) is 10.3. The fourth-order valence-electron chi connectivity index (χ4n) is 2.90. The predicted molar refractivity (Wildman–Crippen MR) is 92.3 cm³/mol. The minimum absolute atomic E-state index is 0.0549. The molecule has 2 aliphatic rings. The number of amides is 2.